The molecule has 4 rings (SSSR count). The van der Waals surface area contributed by atoms with Gasteiger partial charge in [-0.1, -0.05) is 18.2 Å². The van der Waals surface area contributed by atoms with Gasteiger partial charge in [-0.25, -0.2) is 0 Å². The van der Waals surface area contributed by atoms with Gasteiger partial charge in [0.15, 0.2) is 0 Å². The molecular formula is C22H29N3O2S. The van der Waals surface area contributed by atoms with Crippen LogP contribution in [0, 0.1) is 12.8 Å². The Bertz CT molecular complexity index is 849. The highest BCUT2D eigenvalue weighted by molar-refractivity contribution is 7.99. The van der Waals surface area contributed by atoms with Gasteiger partial charge < -0.3 is 15.6 Å². The Morgan fingerprint density at radius 3 is 2.61 bits per heavy atom. The predicted octanol–water partition coefficient (Wildman–Crippen LogP) is 3.32. The van der Waals surface area contributed by atoms with Crippen molar-refractivity contribution in [1.82, 2.24) is 15.6 Å². The highest BCUT2D eigenvalue weighted by Crippen LogP contribution is 2.26. The van der Waals surface area contributed by atoms with Crippen molar-refractivity contribution >= 4 is 34.5 Å². The molecular weight excluding hydrogens is 370 g/mol. The monoisotopic (exact) mass is 399 g/mol. The smallest absolute Gasteiger partial charge is 0.224 e. The number of hydrogen-bond donors (Lipinski definition) is 3. The minimum Gasteiger partial charge on any atom is -0.358 e. The Morgan fingerprint density at radius 2 is 1.86 bits per heavy atom. The van der Waals surface area contributed by atoms with E-state index in [4.69, 9.17) is 0 Å². The van der Waals surface area contributed by atoms with E-state index in [0.29, 0.717) is 12.5 Å². The van der Waals surface area contributed by atoms with Crippen molar-refractivity contribution in [2.75, 3.05) is 11.5 Å². The van der Waals surface area contributed by atoms with Crippen LogP contribution in [0.3, 0.4) is 0 Å². The zero-order chi connectivity index (χ0) is 19.5. The number of fused-ring (bicyclic) bond motifs is 1. The predicted molar refractivity (Wildman–Crippen MR) is 115 cm³/mol. The molecule has 2 fully saturated rings. The van der Waals surface area contributed by atoms with Crippen LogP contribution in [0.4, 0.5) is 0 Å². The Labute approximate surface area is 170 Å². The Balaban J connectivity index is 1.27. The lowest BCUT2D eigenvalue weighted by molar-refractivity contribution is -0.126. The molecule has 0 radical (unpaired) electrons. The number of carbonyl (C=O) groups excluding carboxylic acids is 2. The summed E-state index contributed by atoms with van der Waals surface area (Å²) in [6.45, 7) is 2.02. The van der Waals surface area contributed by atoms with Crippen molar-refractivity contribution in [2.45, 2.75) is 57.5 Å². The van der Waals surface area contributed by atoms with Crippen LogP contribution >= 0.6 is 11.8 Å². The molecule has 0 bridgehead atoms. The molecule has 1 atom stereocenters. The zero-order valence-corrected chi connectivity index (χ0v) is 17.2. The first-order valence-corrected chi connectivity index (χ1v) is 11.5. The van der Waals surface area contributed by atoms with Crippen LogP contribution in [0.25, 0.3) is 10.9 Å². The number of nitrogens with one attached hydrogen (secondary N) is 3. The summed E-state index contributed by atoms with van der Waals surface area (Å²) in [5, 5.41) is 7.53. The molecule has 1 saturated heterocycles. The molecule has 1 saturated carbocycles. The van der Waals surface area contributed by atoms with Crippen LogP contribution in [0.2, 0.25) is 0 Å². The van der Waals surface area contributed by atoms with E-state index in [1.54, 1.807) is 0 Å². The molecule has 5 nitrogen and oxygen atoms in total. The molecule has 0 spiro atoms. The van der Waals surface area contributed by atoms with Crippen LogP contribution in [-0.4, -0.2) is 40.4 Å². The van der Waals surface area contributed by atoms with E-state index < -0.39 is 0 Å². The second-order valence-corrected chi connectivity index (χ2v) is 9.29. The SMILES string of the molecule is Cc1[nH]c2ccccc2c1CC(=O)NC1CCC(C(=O)NC2CCSC2)CC1. The number of aromatic amines is 1. The van der Waals surface area contributed by atoms with Crippen molar-refractivity contribution in [1.29, 1.82) is 0 Å². The molecule has 2 aromatic rings. The van der Waals surface area contributed by atoms with E-state index in [0.717, 1.165) is 65.8 Å². The minimum atomic E-state index is 0.0729. The van der Waals surface area contributed by atoms with Crippen molar-refractivity contribution in [3.63, 3.8) is 0 Å². The highest BCUT2D eigenvalue weighted by Gasteiger charge is 2.29. The van der Waals surface area contributed by atoms with Gasteiger partial charge in [0.25, 0.3) is 0 Å². The lowest BCUT2D eigenvalue weighted by Crippen LogP contribution is -2.43. The van der Waals surface area contributed by atoms with Gasteiger partial charge in [0.2, 0.25) is 11.8 Å². The molecule has 1 unspecified atom stereocenters. The molecule has 2 heterocycles. The van der Waals surface area contributed by atoms with Crippen LogP contribution < -0.4 is 10.6 Å². The van der Waals surface area contributed by atoms with Crippen LogP contribution in [-0.2, 0) is 16.0 Å². The Morgan fingerprint density at radius 1 is 1.07 bits per heavy atom. The Hall–Kier alpha value is -1.95. The van der Waals surface area contributed by atoms with Gasteiger partial charge in [-0.05, 0) is 56.4 Å². The first kappa shape index (κ1) is 19.4. The fourth-order valence-electron chi connectivity index (χ4n) is 4.47. The molecule has 1 aromatic heterocycles. The summed E-state index contributed by atoms with van der Waals surface area (Å²) in [7, 11) is 0. The molecule has 28 heavy (non-hydrogen) atoms. The van der Waals surface area contributed by atoms with Gasteiger partial charge in [0.1, 0.15) is 0 Å². The van der Waals surface area contributed by atoms with E-state index in [-0.39, 0.29) is 23.8 Å². The maximum absolute atomic E-state index is 12.6. The summed E-state index contributed by atoms with van der Waals surface area (Å²) in [6, 6.07) is 8.66. The quantitative estimate of drug-likeness (QED) is 0.722. The normalized spacial score (nSPS) is 25.0. The van der Waals surface area contributed by atoms with E-state index in [1.165, 1.54) is 0 Å². The van der Waals surface area contributed by atoms with Crippen molar-refractivity contribution < 1.29 is 9.59 Å². The number of aromatic nitrogens is 1. The van der Waals surface area contributed by atoms with E-state index in [2.05, 4.69) is 21.7 Å². The molecule has 1 aliphatic heterocycles. The summed E-state index contributed by atoms with van der Waals surface area (Å²) >= 11 is 1.92. The minimum absolute atomic E-state index is 0.0729. The van der Waals surface area contributed by atoms with Gasteiger partial charge in [-0.2, -0.15) is 11.8 Å². The number of benzene rings is 1. The van der Waals surface area contributed by atoms with Gasteiger partial charge in [-0.15, -0.1) is 0 Å². The fourth-order valence-corrected chi connectivity index (χ4v) is 5.62. The van der Waals surface area contributed by atoms with Gasteiger partial charge in [0.05, 0.1) is 6.42 Å². The molecule has 2 amide bonds. The fraction of sp³-hybridized carbons (Fsp3) is 0.545. The number of rotatable bonds is 5. The first-order valence-electron chi connectivity index (χ1n) is 10.3. The average Bonchev–Trinajstić information content (AvgIpc) is 3.30. The number of amides is 2. The standard InChI is InChI=1S/C22H29N3O2S/c1-14-19(18-4-2-3-5-20(18)23-14)12-21(26)24-16-8-6-15(7-9-16)22(27)25-17-10-11-28-13-17/h2-5,15-17,23H,6-13H2,1H3,(H,24,26)(H,25,27). The van der Waals surface area contributed by atoms with Crippen molar-refractivity contribution in [3.05, 3.63) is 35.5 Å². The zero-order valence-electron chi connectivity index (χ0n) is 16.4. The molecule has 1 aromatic carbocycles. The highest BCUT2D eigenvalue weighted by atomic mass is 32.2. The van der Waals surface area contributed by atoms with Crippen LogP contribution in [0.15, 0.2) is 24.3 Å². The Kier molecular flexibility index (Phi) is 5.95. The van der Waals surface area contributed by atoms with E-state index in [9.17, 15) is 9.59 Å². The third-order valence-corrected chi connectivity index (χ3v) is 7.27. The van der Waals surface area contributed by atoms with E-state index >= 15 is 0 Å². The third kappa shape index (κ3) is 4.37. The lowest BCUT2D eigenvalue weighted by atomic mass is 9.85. The van der Waals surface area contributed by atoms with Crippen LogP contribution in [0.1, 0.15) is 43.4 Å². The lowest BCUT2D eigenvalue weighted by Gasteiger charge is -2.29. The van der Waals surface area contributed by atoms with Crippen molar-refractivity contribution in [2.24, 2.45) is 5.92 Å². The molecule has 1 aliphatic carbocycles. The first-order chi connectivity index (χ1) is 13.6. The second kappa shape index (κ2) is 8.60. The van der Waals surface area contributed by atoms with Crippen LogP contribution in [0.5, 0.6) is 0 Å². The molecule has 2 aliphatic rings. The summed E-state index contributed by atoms with van der Waals surface area (Å²) in [5.74, 6) is 2.59. The summed E-state index contributed by atoms with van der Waals surface area (Å²) in [5.41, 5.74) is 3.22. The number of thioether (sulfide) groups is 1. The molecule has 6 heteroatoms. The van der Waals surface area contributed by atoms with Gasteiger partial charge >= 0.3 is 0 Å². The number of para-hydroxylation sites is 1. The van der Waals surface area contributed by atoms with Crippen molar-refractivity contribution in [3.8, 4) is 0 Å². The maximum atomic E-state index is 12.6. The van der Waals surface area contributed by atoms with E-state index in [1.807, 2.05) is 36.9 Å². The van der Waals surface area contributed by atoms with Gasteiger partial charge in [-0.3, -0.25) is 9.59 Å². The number of H-pyrrole nitrogens is 1. The third-order valence-electron chi connectivity index (χ3n) is 6.10. The second-order valence-electron chi connectivity index (χ2n) is 8.14. The molecule has 3 N–H and O–H groups in total. The number of aryl methyl sites for hydroxylation is 1. The largest absolute Gasteiger partial charge is 0.358 e. The maximum Gasteiger partial charge on any atom is 0.224 e. The summed E-state index contributed by atoms with van der Waals surface area (Å²) < 4.78 is 0. The topological polar surface area (TPSA) is 74.0 Å². The molecule has 150 valence electrons. The summed E-state index contributed by atoms with van der Waals surface area (Å²) in [4.78, 5) is 28.4. The summed E-state index contributed by atoms with van der Waals surface area (Å²) in [6.07, 6.45) is 4.99. The number of hydrogen-bond acceptors (Lipinski definition) is 3. The number of carbonyl (C=O) groups is 2. The average molecular weight is 400 g/mol. The van der Waals surface area contributed by atoms with Gasteiger partial charge in [0, 0.05) is 40.4 Å².